The molecule has 1 aromatic carbocycles. The van der Waals surface area contributed by atoms with Gasteiger partial charge in [0.2, 0.25) is 0 Å². The first kappa shape index (κ1) is 22.4. The first-order valence-corrected chi connectivity index (χ1v) is 10.4. The van der Waals surface area contributed by atoms with E-state index in [1.165, 1.54) is 0 Å². The van der Waals surface area contributed by atoms with Gasteiger partial charge in [-0.05, 0) is 44.2 Å². The predicted octanol–water partition coefficient (Wildman–Crippen LogP) is 5.22. The molecule has 1 aliphatic carbocycles. The van der Waals surface area contributed by atoms with Gasteiger partial charge >= 0.3 is 5.97 Å². The first-order valence-electron chi connectivity index (χ1n) is 10.4. The molecule has 2 rings (SSSR count). The molecule has 1 aromatic rings. The van der Waals surface area contributed by atoms with Crippen LogP contribution in [0, 0.1) is 17.8 Å². The molecule has 0 aliphatic heterocycles. The molecule has 0 unspecified atom stereocenters. The fourth-order valence-corrected chi connectivity index (χ4v) is 4.00. The van der Waals surface area contributed by atoms with Crippen molar-refractivity contribution in [2.24, 2.45) is 17.8 Å². The molecule has 4 atom stereocenters. The SMILES string of the molecule is CC[C@@H]1CC(=O)[C@@H](/C(C)=C/CCC(C)C)[C@H](OC)[C@@H]1OC(=O)c1ccccc1. The van der Waals surface area contributed by atoms with Crippen molar-refractivity contribution in [2.45, 2.75) is 65.6 Å². The van der Waals surface area contributed by atoms with Gasteiger partial charge in [0.15, 0.2) is 0 Å². The number of allylic oxidation sites excluding steroid dienone is 1. The van der Waals surface area contributed by atoms with Crippen molar-refractivity contribution in [2.75, 3.05) is 7.11 Å². The van der Waals surface area contributed by atoms with Crippen LogP contribution in [0.15, 0.2) is 42.0 Å². The summed E-state index contributed by atoms with van der Waals surface area (Å²) in [6.45, 7) is 8.41. The van der Waals surface area contributed by atoms with Gasteiger partial charge in [0, 0.05) is 19.4 Å². The van der Waals surface area contributed by atoms with Crippen LogP contribution in [-0.2, 0) is 14.3 Å². The number of benzene rings is 1. The Morgan fingerprint density at radius 1 is 1.21 bits per heavy atom. The van der Waals surface area contributed by atoms with Crippen LogP contribution in [-0.4, -0.2) is 31.1 Å². The topological polar surface area (TPSA) is 52.6 Å². The molecule has 4 heteroatoms. The van der Waals surface area contributed by atoms with Crippen molar-refractivity contribution in [3.63, 3.8) is 0 Å². The molecule has 0 bridgehead atoms. The molecule has 154 valence electrons. The summed E-state index contributed by atoms with van der Waals surface area (Å²) in [5.41, 5.74) is 1.54. The van der Waals surface area contributed by atoms with Gasteiger partial charge in [-0.2, -0.15) is 0 Å². The van der Waals surface area contributed by atoms with Crippen LogP contribution >= 0.6 is 0 Å². The number of rotatable bonds is 8. The zero-order valence-corrected chi connectivity index (χ0v) is 17.8. The van der Waals surface area contributed by atoms with Crippen LogP contribution in [0.5, 0.6) is 0 Å². The minimum absolute atomic E-state index is 0.0233. The minimum Gasteiger partial charge on any atom is -0.456 e. The minimum atomic E-state index is -0.450. The average Bonchev–Trinajstić information content (AvgIpc) is 2.68. The largest absolute Gasteiger partial charge is 0.456 e. The summed E-state index contributed by atoms with van der Waals surface area (Å²) in [5, 5.41) is 0. The lowest BCUT2D eigenvalue weighted by Crippen LogP contribution is -2.51. The van der Waals surface area contributed by atoms with E-state index in [-0.39, 0.29) is 23.6 Å². The molecule has 4 nitrogen and oxygen atoms in total. The Hall–Kier alpha value is -1.94. The van der Waals surface area contributed by atoms with Crippen LogP contribution in [0.25, 0.3) is 0 Å². The summed E-state index contributed by atoms with van der Waals surface area (Å²) in [4.78, 5) is 25.6. The van der Waals surface area contributed by atoms with Crippen LogP contribution in [0.1, 0.15) is 63.7 Å². The van der Waals surface area contributed by atoms with Gasteiger partial charge in [0.25, 0.3) is 0 Å². The number of methoxy groups -OCH3 is 1. The third-order valence-electron chi connectivity index (χ3n) is 5.68. The van der Waals surface area contributed by atoms with Crippen LogP contribution < -0.4 is 0 Å². The van der Waals surface area contributed by atoms with E-state index in [0.717, 1.165) is 24.8 Å². The smallest absolute Gasteiger partial charge is 0.338 e. The number of ether oxygens (including phenoxy) is 2. The van der Waals surface area contributed by atoms with Crippen LogP contribution in [0.2, 0.25) is 0 Å². The number of ketones is 1. The number of carbonyl (C=O) groups excluding carboxylic acids is 2. The van der Waals surface area contributed by atoms with Crippen molar-refractivity contribution in [1.82, 2.24) is 0 Å². The number of Topliss-reactive ketones (excluding diaryl/α,β-unsaturated/α-hetero) is 1. The number of hydrogen-bond donors (Lipinski definition) is 0. The van der Waals surface area contributed by atoms with E-state index >= 15 is 0 Å². The number of carbonyl (C=O) groups is 2. The van der Waals surface area contributed by atoms with Crippen molar-refractivity contribution in [1.29, 1.82) is 0 Å². The lowest BCUT2D eigenvalue weighted by molar-refractivity contribution is -0.144. The zero-order valence-electron chi connectivity index (χ0n) is 17.8. The van der Waals surface area contributed by atoms with Gasteiger partial charge in [-0.1, -0.05) is 50.6 Å². The lowest BCUT2D eigenvalue weighted by Gasteiger charge is -2.41. The van der Waals surface area contributed by atoms with E-state index < -0.39 is 12.2 Å². The standard InChI is InChI=1S/C24H34O4/c1-6-18-15-20(25)21(17(4)12-10-11-16(2)3)23(27-5)22(18)28-24(26)19-13-8-7-9-14-19/h7-9,12-14,16,18,21-23H,6,10-11,15H2,1-5H3/b17-12+/t18-,21-,22-,23+/m1/s1. The Morgan fingerprint density at radius 3 is 2.46 bits per heavy atom. The molecule has 0 N–H and O–H groups in total. The highest BCUT2D eigenvalue weighted by Gasteiger charge is 2.46. The van der Waals surface area contributed by atoms with Crippen molar-refractivity contribution in [3.8, 4) is 0 Å². The van der Waals surface area contributed by atoms with E-state index in [0.29, 0.717) is 17.9 Å². The second-order valence-corrected chi connectivity index (χ2v) is 8.17. The molecule has 0 radical (unpaired) electrons. The molecule has 0 saturated heterocycles. The van der Waals surface area contributed by atoms with E-state index in [9.17, 15) is 9.59 Å². The fourth-order valence-electron chi connectivity index (χ4n) is 4.00. The Balaban J connectivity index is 2.23. The summed E-state index contributed by atoms with van der Waals surface area (Å²) in [7, 11) is 1.60. The monoisotopic (exact) mass is 386 g/mol. The van der Waals surface area contributed by atoms with E-state index in [1.807, 2.05) is 32.0 Å². The molecule has 0 amide bonds. The summed E-state index contributed by atoms with van der Waals surface area (Å²) in [6.07, 6.45) is 4.48. The molecule has 1 saturated carbocycles. The Kier molecular flexibility index (Phi) is 8.43. The highest BCUT2D eigenvalue weighted by Crippen LogP contribution is 2.37. The van der Waals surface area contributed by atoms with Gasteiger partial charge in [-0.3, -0.25) is 4.79 Å². The normalized spacial score (nSPS) is 25.8. The predicted molar refractivity (Wildman–Crippen MR) is 111 cm³/mol. The second-order valence-electron chi connectivity index (χ2n) is 8.17. The quantitative estimate of drug-likeness (QED) is 0.454. The average molecular weight is 387 g/mol. The molecular weight excluding hydrogens is 352 g/mol. The molecular formula is C24H34O4. The molecule has 1 fully saturated rings. The Labute approximate surface area is 169 Å². The fraction of sp³-hybridized carbons (Fsp3) is 0.583. The maximum absolute atomic E-state index is 12.9. The Morgan fingerprint density at radius 2 is 1.89 bits per heavy atom. The first-order chi connectivity index (χ1) is 13.4. The highest BCUT2D eigenvalue weighted by molar-refractivity contribution is 5.90. The van der Waals surface area contributed by atoms with Gasteiger partial charge in [-0.15, -0.1) is 0 Å². The second kappa shape index (κ2) is 10.6. The zero-order chi connectivity index (χ0) is 20.7. The maximum atomic E-state index is 12.9. The van der Waals surface area contributed by atoms with E-state index in [4.69, 9.17) is 9.47 Å². The summed E-state index contributed by atoms with van der Waals surface area (Å²) in [5.74, 6) is 0.0661. The summed E-state index contributed by atoms with van der Waals surface area (Å²) < 4.78 is 11.7. The third-order valence-corrected chi connectivity index (χ3v) is 5.68. The van der Waals surface area contributed by atoms with Crippen molar-refractivity contribution >= 4 is 11.8 Å². The highest BCUT2D eigenvalue weighted by atomic mass is 16.6. The summed E-state index contributed by atoms with van der Waals surface area (Å²) >= 11 is 0. The Bertz CT molecular complexity index is 677. The van der Waals surface area contributed by atoms with Crippen molar-refractivity contribution < 1.29 is 19.1 Å². The van der Waals surface area contributed by atoms with E-state index in [2.05, 4.69) is 19.9 Å². The molecule has 28 heavy (non-hydrogen) atoms. The lowest BCUT2D eigenvalue weighted by atomic mass is 9.72. The van der Waals surface area contributed by atoms with Crippen LogP contribution in [0.3, 0.4) is 0 Å². The van der Waals surface area contributed by atoms with Gasteiger partial charge in [-0.25, -0.2) is 4.79 Å². The van der Waals surface area contributed by atoms with E-state index in [1.54, 1.807) is 19.2 Å². The summed E-state index contributed by atoms with van der Waals surface area (Å²) in [6, 6.07) is 8.98. The van der Waals surface area contributed by atoms with Gasteiger partial charge in [0.05, 0.1) is 11.5 Å². The number of hydrogen-bond acceptors (Lipinski definition) is 4. The van der Waals surface area contributed by atoms with Gasteiger partial charge < -0.3 is 9.47 Å². The van der Waals surface area contributed by atoms with Crippen LogP contribution in [0.4, 0.5) is 0 Å². The number of esters is 1. The molecule has 0 heterocycles. The molecule has 1 aliphatic rings. The molecule has 0 spiro atoms. The van der Waals surface area contributed by atoms with Crippen molar-refractivity contribution in [3.05, 3.63) is 47.5 Å². The third kappa shape index (κ3) is 5.54. The molecule has 0 aromatic heterocycles. The van der Waals surface area contributed by atoms with Gasteiger partial charge in [0.1, 0.15) is 18.0 Å². The maximum Gasteiger partial charge on any atom is 0.338 e.